The van der Waals surface area contributed by atoms with Crippen LogP contribution in [0, 0.1) is 0 Å². The molecule has 0 spiro atoms. The fourth-order valence-corrected chi connectivity index (χ4v) is 3.71. The standard InChI is InChI=1S/C21H23N5O2/c1-2-6-18(25-10-3-4-11-25)21(28)26-12-8-16-17(14-26)23-19(24-20(16)27)15-7-5-9-22-13-15/h3-5,7,9-11,13,18H,2,6,8,12,14H2,1H3,(H,23,24,27). The number of carbonyl (C=O) groups excluding carboxylic acids is 1. The van der Waals surface area contributed by atoms with Gasteiger partial charge in [0.15, 0.2) is 0 Å². The molecule has 0 radical (unpaired) electrons. The molecule has 4 rings (SSSR count). The molecular formula is C21H23N5O2. The van der Waals surface area contributed by atoms with Crippen molar-refractivity contribution in [1.29, 1.82) is 0 Å². The number of aromatic amines is 1. The number of rotatable bonds is 5. The highest BCUT2D eigenvalue weighted by atomic mass is 16.2. The first-order chi connectivity index (χ1) is 13.7. The van der Waals surface area contributed by atoms with Crippen molar-refractivity contribution in [3.05, 3.63) is 70.7 Å². The van der Waals surface area contributed by atoms with E-state index in [1.165, 1.54) is 0 Å². The van der Waals surface area contributed by atoms with Crippen molar-refractivity contribution in [1.82, 2.24) is 24.4 Å². The fourth-order valence-electron chi connectivity index (χ4n) is 3.71. The van der Waals surface area contributed by atoms with E-state index < -0.39 is 0 Å². The zero-order valence-corrected chi connectivity index (χ0v) is 15.8. The molecule has 0 saturated carbocycles. The van der Waals surface area contributed by atoms with E-state index in [4.69, 9.17) is 0 Å². The van der Waals surface area contributed by atoms with Crippen molar-refractivity contribution in [3.63, 3.8) is 0 Å². The third-order valence-corrected chi connectivity index (χ3v) is 5.15. The Bertz CT molecular complexity index is 1010. The van der Waals surface area contributed by atoms with Gasteiger partial charge < -0.3 is 14.5 Å². The zero-order chi connectivity index (χ0) is 19.5. The summed E-state index contributed by atoms with van der Waals surface area (Å²) in [5.41, 5.74) is 1.96. The van der Waals surface area contributed by atoms with Crippen molar-refractivity contribution < 1.29 is 4.79 Å². The molecule has 1 aliphatic rings. The van der Waals surface area contributed by atoms with Gasteiger partial charge in [-0.25, -0.2) is 4.98 Å². The van der Waals surface area contributed by atoms with Gasteiger partial charge in [0, 0.05) is 42.5 Å². The minimum Gasteiger partial charge on any atom is -0.342 e. The van der Waals surface area contributed by atoms with Crippen LogP contribution in [0.25, 0.3) is 11.4 Å². The first-order valence-corrected chi connectivity index (χ1v) is 9.61. The first kappa shape index (κ1) is 18.2. The van der Waals surface area contributed by atoms with Crippen LogP contribution in [0.2, 0.25) is 0 Å². The second kappa shape index (κ2) is 7.80. The Balaban J connectivity index is 1.62. The van der Waals surface area contributed by atoms with E-state index in [1.54, 1.807) is 18.5 Å². The van der Waals surface area contributed by atoms with Crippen molar-refractivity contribution in [2.45, 2.75) is 38.8 Å². The van der Waals surface area contributed by atoms with Crippen molar-refractivity contribution >= 4 is 5.91 Å². The molecule has 3 aromatic heterocycles. The average Bonchev–Trinajstić information content (AvgIpc) is 3.26. The summed E-state index contributed by atoms with van der Waals surface area (Å²) >= 11 is 0. The number of hydrogen-bond donors (Lipinski definition) is 1. The molecule has 0 bridgehead atoms. The van der Waals surface area contributed by atoms with Gasteiger partial charge in [-0.05, 0) is 37.1 Å². The topological polar surface area (TPSA) is 83.9 Å². The molecule has 144 valence electrons. The normalized spacial score (nSPS) is 14.5. The Hall–Kier alpha value is -3.22. The third-order valence-electron chi connectivity index (χ3n) is 5.15. The molecule has 1 aliphatic heterocycles. The zero-order valence-electron chi connectivity index (χ0n) is 15.8. The molecule has 1 unspecified atom stereocenters. The largest absolute Gasteiger partial charge is 0.342 e. The number of carbonyl (C=O) groups is 1. The highest BCUT2D eigenvalue weighted by Gasteiger charge is 2.29. The molecule has 1 N–H and O–H groups in total. The van der Waals surface area contributed by atoms with Gasteiger partial charge in [-0.2, -0.15) is 0 Å². The predicted molar refractivity (Wildman–Crippen MR) is 106 cm³/mol. The number of nitrogens with one attached hydrogen (secondary N) is 1. The Morgan fingerprint density at radius 3 is 2.82 bits per heavy atom. The van der Waals surface area contributed by atoms with Gasteiger partial charge in [-0.15, -0.1) is 0 Å². The maximum atomic E-state index is 13.2. The van der Waals surface area contributed by atoms with Crippen LogP contribution < -0.4 is 5.56 Å². The Kier molecular flexibility index (Phi) is 5.06. The van der Waals surface area contributed by atoms with E-state index in [1.807, 2.05) is 40.1 Å². The van der Waals surface area contributed by atoms with E-state index in [0.29, 0.717) is 36.6 Å². The van der Waals surface area contributed by atoms with Crippen molar-refractivity contribution in [2.75, 3.05) is 6.54 Å². The molecule has 7 heteroatoms. The summed E-state index contributed by atoms with van der Waals surface area (Å²) in [6.07, 6.45) is 9.42. The summed E-state index contributed by atoms with van der Waals surface area (Å²) in [5.74, 6) is 0.565. The van der Waals surface area contributed by atoms with E-state index in [9.17, 15) is 9.59 Å². The summed E-state index contributed by atoms with van der Waals surface area (Å²) < 4.78 is 1.97. The van der Waals surface area contributed by atoms with Crippen LogP contribution in [0.3, 0.4) is 0 Å². The number of amides is 1. The monoisotopic (exact) mass is 377 g/mol. The summed E-state index contributed by atoms with van der Waals surface area (Å²) in [5, 5.41) is 0. The van der Waals surface area contributed by atoms with Gasteiger partial charge in [0.2, 0.25) is 5.91 Å². The lowest BCUT2D eigenvalue weighted by Crippen LogP contribution is -2.42. The van der Waals surface area contributed by atoms with Gasteiger partial charge in [-0.3, -0.25) is 14.6 Å². The lowest BCUT2D eigenvalue weighted by molar-refractivity contribution is -0.136. The molecule has 7 nitrogen and oxygen atoms in total. The minimum absolute atomic E-state index is 0.0775. The quantitative estimate of drug-likeness (QED) is 0.741. The highest BCUT2D eigenvalue weighted by molar-refractivity contribution is 5.80. The van der Waals surface area contributed by atoms with E-state index in [2.05, 4.69) is 21.9 Å². The predicted octanol–water partition coefficient (Wildman–Crippen LogP) is 2.56. The molecule has 0 aliphatic carbocycles. The van der Waals surface area contributed by atoms with Gasteiger partial charge in [0.1, 0.15) is 11.9 Å². The number of fused-ring (bicyclic) bond motifs is 1. The molecule has 0 fully saturated rings. The second-order valence-electron chi connectivity index (χ2n) is 7.03. The maximum Gasteiger partial charge on any atom is 0.254 e. The molecule has 3 aromatic rings. The highest BCUT2D eigenvalue weighted by Crippen LogP contribution is 2.23. The second-order valence-corrected chi connectivity index (χ2v) is 7.03. The molecular weight excluding hydrogens is 354 g/mol. The summed E-state index contributed by atoms with van der Waals surface area (Å²) in [7, 11) is 0. The molecule has 28 heavy (non-hydrogen) atoms. The number of aromatic nitrogens is 4. The molecule has 0 aromatic carbocycles. The summed E-state index contributed by atoms with van der Waals surface area (Å²) in [6, 6.07) is 7.30. The van der Waals surface area contributed by atoms with Gasteiger partial charge >= 0.3 is 0 Å². The van der Waals surface area contributed by atoms with E-state index >= 15 is 0 Å². The lowest BCUT2D eigenvalue weighted by atomic mass is 10.0. The van der Waals surface area contributed by atoms with Crippen LogP contribution in [0.5, 0.6) is 0 Å². The van der Waals surface area contributed by atoms with E-state index in [0.717, 1.165) is 18.4 Å². The van der Waals surface area contributed by atoms with E-state index in [-0.39, 0.29) is 17.5 Å². The lowest BCUT2D eigenvalue weighted by Gasteiger charge is -2.31. The molecule has 1 amide bonds. The molecule has 0 saturated heterocycles. The molecule has 4 heterocycles. The van der Waals surface area contributed by atoms with Crippen molar-refractivity contribution in [2.24, 2.45) is 0 Å². The Labute approximate surface area is 163 Å². The smallest absolute Gasteiger partial charge is 0.254 e. The summed E-state index contributed by atoms with van der Waals surface area (Å²) in [6.45, 7) is 2.97. The van der Waals surface area contributed by atoms with Crippen molar-refractivity contribution in [3.8, 4) is 11.4 Å². The Morgan fingerprint density at radius 2 is 2.11 bits per heavy atom. The van der Waals surface area contributed by atoms with Gasteiger partial charge in [0.05, 0.1) is 12.2 Å². The van der Waals surface area contributed by atoms with Crippen LogP contribution in [0.4, 0.5) is 0 Å². The summed E-state index contributed by atoms with van der Waals surface area (Å²) in [4.78, 5) is 39.2. The average molecular weight is 377 g/mol. The minimum atomic E-state index is -0.221. The maximum absolute atomic E-state index is 13.2. The third kappa shape index (κ3) is 3.47. The van der Waals surface area contributed by atoms with Crippen LogP contribution in [-0.4, -0.2) is 36.9 Å². The van der Waals surface area contributed by atoms with Crippen LogP contribution >= 0.6 is 0 Å². The molecule has 1 atom stereocenters. The fraction of sp³-hybridized carbons (Fsp3) is 0.333. The first-order valence-electron chi connectivity index (χ1n) is 9.61. The number of H-pyrrole nitrogens is 1. The van der Waals surface area contributed by atoms with Crippen LogP contribution in [0.15, 0.2) is 53.8 Å². The SMILES string of the molecule is CCCC(C(=O)N1CCc2c(nc(-c3cccnc3)[nH]c2=O)C1)n1cccc1. The number of hydrogen-bond acceptors (Lipinski definition) is 4. The van der Waals surface area contributed by atoms with Crippen LogP contribution in [-0.2, 0) is 17.8 Å². The Morgan fingerprint density at radius 1 is 1.29 bits per heavy atom. The van der Waals surface area contributed by atoms with Gasteiger partial charge in [-0.1, -0.05) is 13.3 Å². The van der Waals surface area contributed by atoms with Crippen LogP contribution in [0.1, 0.15) is 37.1 Å². The van der Waals surface area contributed by atoms with Gasteiger partial charge in [0.25, 0.3) is 5.56 Å². The number of nitrogens with zero attached hydrogens (tertiary/aromatic N) is 4. The number of pyridine rings is 1.